The van der Waals surface area contributed by atoms with Gasteiger partial charge >= 0.3 is 6.03 Å². The van der Waals surface area contributed by atoms with Gasteiger partial charge in [0.25, 0.3) is 5.91 Å². The zero-order valence-electron chi connectivity index (χ0n) is 16.8. The first-order valence-corrected chi connectivity index (χ1v) is 9.73. The number of aromatic nitrogens is 1. The van der Waals surface area contributed by atoms with Crippen molar-refractivity contribution in [2.45, 2.75) is 13.8 Å². The number of rotatable bonds is 4. The average Bonchev–Trinajstić information content (AvgIpc) is 3.17. The number of nitrogens with one attached hydrogen (secondary N) is 1. The van der Waals surface area contributed by atoms with Crippen LogP contribution in [0.1, 0.15) is 17.0 Å². The largest absolute Gasteiger partial charge is 0.497 e. The maximum atomic E-state index is 12.9. The van der Waals surface area contributed by atoms with Crippen molar-refractivity contribution in [2.75, 3.05) is 12.0 Å². The first-order chi connectivity index (χ1) is 14.4. The van der Waals surface area contributed by atoms with Crippen LogP contribution in [0, 0.1) is 13.8 Å². The number of benzene rings is 2. The lowest BCUT2D eigenvalue weighted by Gasteiger charge is -2.11. The lowest BCUT2D eigenvalue weighted by molar-refractivity contribution is -0.113. The van der Waals surface area contributed by atoms with E-state index >= 15 is 0 Å². The number of imide groups is 1. The number of carbonyl (C=O) groups excluding carboxylic acids is 2. The van der Waals surface area contributed by atoms with Gasteiger partial charge in [0.05, 0.1) is 12.8 Å². The van der Waals surface area contributed by atoms with Gasteiger partial charge in [-0.25, -0.2) is 9.69 Å². The van der Waals surface area contributed by atoms with E-state index < -0.39 is 11.9 Å². The molecule has 2 heterocycles. The summed E-state index contributed by atoms with van der Waals surface area (Å²) in [4.78, 5) is 26.4. The number of urea groups is 1. The van der Waals surface area contributed by atoms with E-state index in [1.807, 2.05) is 44.2 Å². The fourth-order valence-corrected chi connectivity index (χ4v) is 3.70. The van der Waals surface area contributed by atoms with Gasteiger partial charge < -0.3 is 14.6 Å². The van der Waals surface area contributed by atoms with Crippen molar-refractivity contribution < 1.29 is 14.3 Å². The second kappa shape index (κ2) is 7.72. The van der Waals surface area contributed by atoms with Crippen molar-refractivity contribution in [3.63, 3.8) is 0 Å². The topological polar surface area (TPSA) is 63.6 Å². The van der Waals surface area contributed by atoms with Crippen LogP contribution in [-0.4, -0.2) is 23.6 Å². The highest BCUT2D eigenvalue weighted by molar-refractivity contribution is 6.31. The second-order valence-electron chi connectivity index (χ2n) is 6.97. The summed E-state index contributed by atoms with van der Waals surface area (Å²) in [5, 5.41) is 3.20. The third kappa shape index (κ3) is 3.46. The Bertz CT molecular complexity index is 1160. The Balaban J connectivity index is 1.67. The number of nitrogens with zero attached hydrogens (tertiary/aromatic N) is 2. The van der Waals surface area contributed by atoms with Gasteiger partial charge in [-0.2, -0.15) is 0 Å². The summed E-state index contributed by atoms with van der Waals surface area (Å²) in [7, 11) is 1.63. The zero-order valence-corrected chi connectivity index (χ0v) is 17.5. The molecule has 3 aromatic rings. The van der Waals surface area contributed by atoms with Gasteiger partial charge in [-0.3, -0.25) is 4.79 Å². The third-order valence-corrected chi connectivity index (χ3v) is 5.32. The summed E-state index contributed by atoms with van der Waals surface area (Å²) < 4.78 is 7.31. The molecular formula is C23H20ClN3O3. The highest BCUT2D eigenvalue weighted by Crippen LogP contribution is 2.27. The molecule has 3 amide bonds. The fraction of sp³-hybridized carbons (Fsp3) is 0.130. The standard InChI is InChI=1S/C23H20ClN3O3/c1-14-12-16(15(2)26(14)18-8-10-20(30-3)11-9-18)13-21-22(28)27(23(29)25-21)19-6-4-17(24)5-7-19/h4-13H,1-3H3,(H,25,29)/b21-13+. The molecular weight excluding hydrogens is 402 g/mol. The lowest BCUT2D eigenvalue weighted by Crippen LogP contribution is -2.30. The molecule has 2 aromatic carbocycles. The van der Waals surface area contributed by atoms with Crippen molar-refractivity contribution in [3.8, 4) is 11.4 Å². The molecule has 1 N–H and O–H groups in total. The molecule has 1 aliphatic rings. The predicted octanol–water partition coefficient (Wildman–Crippen LogP) is 4.85. The number of anilines is 1. The van der Waals surface area contributed by atoms with Crippen LogP contribution in [-0.2, 0) is 4.79 Å². The fourth-order valence-electron chi connectivity index (χ4n) is 3.58. The van der Waals surface area contributed by atoms with Gasteiger partial charge in [0.1, 0.15) is 11.4 Å². The van der Waals surface area contributed by atoms with Crippen LogP contribution >= 0.6 is 11.6 Å². The Morgan fingerprint density at radius 1 is 0.967 bits per heavy atom. The quantitative estimate of drug-likeness (QED) is 0.483. The predicted molar refractivity (Wildman–Crippen MR) is 117 cm³/mol. The summed E-state index contributed by atoms with van der Waals surface area (Å²) in [6.07, 6.45) is 1.71. The molecule has 0 saturated carbocycles. The number of methoxy groups -OCH3 is 1. The number of carbonyl (C=O) groups is 2. The molecule has 0 aliphatic carbocycles. The van der Waals surface area contributed by atoms with Gasteiger partial charge in [0, 0.05) is 22.1 Å². The minimum Gasteiger partial charge on any atom is -0.497 e. The van der Waals surface area contributed by atoms with Crippen molar-refractivity contribution in [1.29, 1.82) is 0 Å². The van der Waals surface area contributed by atoms with Crippen molar-refractivity contribution >= 4 is 35.3 Å². The lowest BCUT2D eigenvalue weighted by atomic mass is 10.2. The molecule has 1 aliphatic heterocycles. The Hall–Kier alpha value is -3.51. The van der Waals surface area contributed by atoms with E-state index in [-0.39, 0.29) is 5.70 Å². The first kappa shape index (κ1) is 19.8. The van der Waals surface area contributed by atoms with Gasteiger partial charge in [0.15, 0.2) is 0 Å². The Morgan fingerprint density at radius 2 is 1.60 bits per heavy atom. The van der Waals surface area contributed by atoms with Crippen LogP contribution in [0.3, 0.4) is 0 Å². The Morgan fingerprint density at radius 3 is 2.23 bits per heavy atom. The Labute approximate surface area is 179 Å². The first-order valence-electron chi connectivity index (χ1n) is 9.35. The molecule has 4 rings (SSSR count). The number of ether oxygens (including phenoxy) is 1. The third-order valence-electron chi connectivity index (χ3n) is 5.06. The van der Waals surface area contributed by atoms with E-state index in [1.54, 1.807) is 37.5 Å². The molecule has 0 spiro atoms. The van der Waals surface area contributed by atoms with Crippen LogP contribution < -0.4 is 15.0 Å². The Kier molecular flexibility index (Phi) is 5.10. The molecule has 0 bridgehead atoms. The molecule has 30 heavy (non-hydrogen) atoms. The molecule has 0 atom stereocenters. The SMILES string of the molecule is COc1ccc(-n2c(C)cc(/C=C3/NC(=O)N(c4ccc(Cl)cc4)C3=O)c2C)cc1. The number of amides is 3. The van der Waals surface area contributed by atoms with E-state index in [2.05, 4.69) is 9.88 Å². The zero-order chi connectivity index (χ0) is 21.4. The van der Waals surface area contributed by atoms with Crippen LogP contribution in [0.2, 0.25) is 5.02 Å². The molecule has 152 valence electrons. The highest BCUT2D eigenvalue weighted by Gasteiger charge is 2.35. The van der Waals surface area contributed by atoms with E-state index in [1.165, 1.54) is 0 Å². The van der Waals surface area contributed by atoms with Crippen LogP contribution in [0.25, 0.3) is 11.8 Å². The summed E-state index contributed by atoms with van der Waals surface area (Å²) in [6, 6.07) is 15.8. The molecule has 0 radical (unpaired) electrons. The maximum Gasteiger partial charge on any atom is 0.333 e. The highest BCUT2D eigenvalue weighted by atomic mass is 35.5. The molecule has 6 nitrogen and oxygen atoms in total. The van der Waals surface area contributed by atoms with Crippen molar-refractivity contribution in [1.82, 2.24) is 9.88 Å². The summed E-state index contributed by atoms with van der Waals surface area (Å²) in [5.74, 6) is 0.377. The van der Waals surface area contributed by atoms with Gasteiger partial charge in [-0.15, -0.1) is 0 Å². The smallest absolute Gasteiger partial charge is 0.333 e. The minimum absolute atomic E-state index is 0.227. The van der Waals surface area contributed by atoms with Gasteiger partial charge in [0.2, 0.25) is 0 Å². The van der Waals surface area contributed by atoms with Crippen molar-refractivity contribution in [3.05, 3.63) is 82.3 Å². The summed E-state index contributed by atoms with van der Waals surface area (Å²) >= 11 is 5.90. The van der Waals surface area contributed by atoms with E-state index in [4.69, 9.17) is 16.3 Å². The van der Waals surface area contributed by atoms with Crippen LogP contribution in [0.4, 0.5) is 10.5 Å². The molecule has 1 aromatic heterocycles. The average molecular weight is 422 g/mol. The molecule has 1 saturated heterocycles. The number of hydrogen-bond donors (Lipinski definition) is 1. The molecule has 1 fully saturated rings. The number of halogens is 1. The summed E-state index contributed by atoms with van der Waals surface area (Å²) in [5.41, 5.74) is 4.50. The normalized spacial score (nSPS) is 15.1. The minimum atomic E-state index is -0.488. The number of hydrogen-bond acceptors (Lipinski definition) is 3. The van der Waals surface area contributed by atoms with Crippen LogP contribution in [0.5, 0.6) is 5.75 Å². The van der Waals surface area contributed by atoms with E-state index in [0.29, 0.717) is 10.7 Å². The van der Waals surface area contributed by atoms with Crippen molar-refractivity contribution in [2.24, 2.45) is 0 Å². The van der Waals surface area contributed by atoms with E-state index in [9.17, 15) is 9.59 Å². The van der Waals surface area contributed by atoms with Gasteiger partial charge in [-0.05, 0) is 80.1 Å². The summed E-state index contributed by atoms with van der Waals surface area (Å²) in [6.45, 7) is 3.97. The van der Waals surface area contributed by atoms with E-state index in [0.717, 1.165) is 33.3 Å². The maximum absolute atomic E-state index is 12.9. The monoisotopic (exact) mass is 421 g/mol. The number of aryl methyl sites for hydroxylation is 1. The van der Waals surface area contributed by atoms with Crippen LogP contribution in [0.15, 0.2) is 60.3 Å². The molecule has 0 unspecified atom stereocenters. The molecule has 7 heteroatoms. The van der Waals surface area contributed by atoms with Gasteiger partial charge in [-0.1, -0.05) is 11.6 Å². The second-order valence-corrected chi connectivity index (χ2v) is 7.40.